The number of carbonyl (C=O) groups excluding carboxylic acids is 1. The highest BCUT2D eigenvalue weighted by Gasteiger charge is 2.34. The van der Waals surface area contributed by atoms with Crippen LogP contribution in [0.3, 0.4) is 0 Å². The molecule has 3 aromatic rings. The van der Waals surface area contributed by atoms with Crippen molar-refractivity contribution in [2.75, 3.05) is 17.7 Å². The van der Waals surface area contributed by atoms with E-state index in [1.165, 1.54) is 11.1 Å². The van der Waals surface area contributed by atoms with Crippen molar-refractivity contribution in [2.45, 2.75) is 64.0 Å². The summed E-state index contributed by atoms with van der Waals surface area (Å²) >= 11 is 0. The molecule has 8 nitrogen and oxygen atoms in total. The first-order chi connectivity index (χ1) is 17.1. The molecule has 0 bridgehead atoms. The molecule has 35 heavy (non-hydrogen) atoms. The Morgan fingerprint density at radius 3 is 2.71 bits per heavy atom. The fraction of sp³-hybridized carbons (Fsp3) is 0.481. The van der Waals surface area contributed by atoms with Crippen molar-refractivity contribution in [3.63, 3.8) is 0 Å². The molecule has 8 heteroatoms. The van der Waals surface area contributed by atoms with Crippen LogP contribution in [0.2, 0.25) is 0 Å². The van der Waals surface area contributed by atoms with E-state index in [2.05, 4.69) is 55.1 Å². The molecular weight excluding hydrogens is 440 g/mol. The number of ether oxygens (including phenoxy) is 1. The number of aromatic amines is 1. The lowest BCUT2D eigenvalue weighted by molar-refractivity contribution is -0.122. The molecule has 3 N–H and O–H groups in total. The number of carbonyl (C=O) groups is 1. The van der Waals surface area contributed by atoms with Crippen molar-refractivity contribution in [3.8, 4) is 0 Å². The maximum atomic E-state index is 12.9. The van der Waals surface area contributed by atoms with E-state index in [-0.39, 0.29) is 12.0 Å². The number of H-pyrrole nitrogens is 1. The zero-order valence-electron chi connectivity index (χ0n) is 20.5. The van der Waals surface area contributed by atoms with Crippen LogP contribution in [-0.2, 0) is 16.0 Å². The quantitative estimate of drug-likeness (QED) is 0.395. The Labute approximate surface area is 206 Å². The second kappa shape index (κ2) is 10.6. The molecule has 0 unspecified atom stereocenters. The van der Waals surface area contributed by atoms with Crippen LogP contribution in [0.1, 0.15) is 61.4 Å². The number of rotatable bonds is 9. The van der Waals surface area contributed by atoms with Crippen molar-refractivity contribution >= 4 is 23.4 Å². The number of hydrogen-bond acceptors (Lipinski definition) is 7. The maximum absolute atomic E-state index is 12.9. The third kappa shape index (κ3) is 5.70. The number of hydrogen-bond donors (Lipinski definition) is 3. The fourth-order valence-electron chi connectivity index (χ4n) is 5.64. The maximum Gasteiger partial charge on any atom is 0.224 e. The van der Waals surface area contributed by atoms with E-state index in [1.54, 1.807) is 13.3 Å². The summed E-state index contributed by atoms with van der Waals surface area (Å²) in [5.74, 6) is 3.14. The molecule has 2 atom stereocenters. The Morgan fingerprint density at radius 2 is 1.94 bits per heavy atom. The van der Waals surface area contributed by atoms with Gasteiger partial charge in [0.25, 0.3) is 0 Å². The highest BCUT2D eigenvalue weighted by atomic mass is 16.5. The van der Waals surface area contributed by atoms with Crippen LogP contribution in [0, 0.1) is 18.8 Å². The van der Waals surface area contributed by atoms with Crippen LogP contribution in [0.4, 0.5) is 17.6 Å². The Kier molecular flexibility index (Phi) is 7.08. The molecule has 1 fully saturated rings. The summed E-state index contributed by atoms with van der Waals surface area (Å²) in [6.07, 6.45) is 8.14. The molecule has 2 aromatic heterocycles. The first-order valence-electron chi connectivity index (χ1n) is 12.6. The number of aryl methyl sites for hydroxylation is 1. The summed E-state index contributed by atoms with van der Waals surface area (Å²) in [7, 11) is 1.76. The lowest BCUT2D eigenvalue weighted by atomic mass is 9.81. The number of fused-ring (bicyclic) bond motifs is 1. The van der Waals surface area contributed by atoms with Crippen LogP contribution < -0.4 is 10.6 Å². The van der Waals surface area contributed by atoms with Gasteiger partial charge in [0, 0.05) is 49.9 Å². The van der Waals surface area contributed by atoms with Crippen molar-refractivity contribution in [1.82, 2.24) is 20.2 Å². The molecule has 0 saturated heterocycles. The highest BCUT2D eigenvalue weighted by Crippen LogP contribution is 2.41. The number of anilines is 3. The molecule has 0 amide bonds. The van der Waals surface area contributed by atoms with Gasteiger partial charge in [-0.3, -0.25) is 9.89 Å². The van der Waals surface area contributed by atoms with Gasteiger partial charge in [-0.15, -0.1) is 0 Å². The van der Waals surface area contributed by atoms with Crippen LogP contribution in [-0.4, -0.2) is 39.1 Å². The van der Waals surface area contributed by atoms with Crippen LogP contribution in [0.15, 0.2) is 42.6 Å². The standard InChI is InChI=1S/C27H34N6O2/c1-17-13-25(33-32-17)30-24-11-12-28-27(31-24)29-21-9-7-18(8-10-21)14-22(34)16-20-15-19-5-3-4-6-23(19)26(20)35-2/h3-6,11-13,18,20-21,26H,7-10,14-16H2,1-2H3,(H3,28,29,30,31,32,33)/t18?,20-,21?,26+/m0/s1. The van der Waals surface area contributed by atoms with E-state index < -0.39 is 0 Å². The fourth-order valence-corrected chi connectivity index (χ4v) is 5.64. The third-order valence-corrected chi connectivity index (χ3v) is 7.33. The van der Waals surface area contributed by atoms with E-state index in [9.17, 15) is 4.79 Å². The van der Waals surface area contributed by atoms with Gasteiger partial charge in [0.1, 0.15) is 11.6 Å². The summed E-state index contributed by atoms with van der Waals surface area (Å²) in [5, 5.41) is 13.8. The summed E-state index contributed by atoms with van der Waals surface area (Å²) in [6.45, 7) is 1.96. The molecule has 0 radical (unpaired) electrons. The number of nitrogens with one attached hydrogen (secondary N) is 3. The molecule has 0 aliphatic heterocycles. The minimum Gasteiger partial charge on any atom is -0.376 e. The summed E-state index contributed by atoms with van der Waals surface area (Å²) in [6, 6.07) is 12.5. The van der Waals surface area contributed by atoms with Gasteiger partial charge >= 0.3 is 0 Å². The first-order valence-corrected chi connectivity index (χ1v) is 12.6. The van der Waals surface area contributed by atoms with E-state index >= 15 is 0 Å². The Balaban J connectivity index is 1.08. The highest BCUT2D eigenvalue weighted by molar-refractivity contribution is 5.79. The zero-order chi connectivity index (χ0) is 24.2. The minimum atomic E-state index is 0.0392. The number of Topliss-reactive ketones (excluding diaryl/α,β-unsaturated/α-hetero) is 1. The second-order valence-electron chi connectivity index (χ2n) is 9.95. The predicted octanol–water partition coefficient (Wildman–Crippen LogP) is 5.13. The average molecular weight is 475 g/mol. The predicted molar refractivity (Wildman–Crippen MR) is 136 cm³/mol. The lowest BCUT2D eigenvalue weighted by Gasteiger charge is -2.29. The van der Waals surface area contributed by atoms with Crippen molar-refractivity contribution < 1.29 is 9.53 Å². The number of aromatic nitrogens is 4. The summed E-state index contributed by atoms with van der Waals surface area (Å²) < 4.78 is 5.77. The van der Waals surface area contributed by atoms with Crippen molar-refractivity contribution in [3.05, 3.63) is 59.4 Å². The Bertz CT molecular complexity index is 1150. The van der Waals surface area contributed by atoms with E-state index in [0.717, 1.165) is 43.6 Å². The largest absolute Gasteiger partial charge is 0.376 e. The number of methoxy groups -OCH3 is 1. The Hall–Kier alpha value is -3.26. The molecule has 184 valence electrons. The van der Waals surface area contributed by atoms with Gasteiger partial charge in [-0.05, 0) is 62.1 Å². The van der Waals surface area contributed by atoms with Crippen LogP contribution in [0.25, 0.3) is 0 Å². The number of nitrogens with zero attached hydrogens (tertiary/aromatic N) is 3. The number of benzene rings is 1. The number of ketones is 1. The van der Waals surface area contributed by atoms with E-state index in [1.807, 2.05) is 19.1 Å². The molecular formula is C27H34N6O2. The van der Waals surface area contributed by atoms with Gasteiger partial charge in [0.05, 0.1) is 6.10 Å². The molecule has 2 aliphatic carbocycles. The zero-order valence-corrected chi connectivity index (χ0v) is 20.5. The SMILES string of the molecule is CO[C@H]1c2ccccc2C[C@H]1CC(=O)CC1CCC(Nc2nccc(Nc3cc(C)[nH]n3)n2)CC1. The molecule has 2 aliphatic rings. The summed E-state index contributed by atoms with van der Waals surface area (Å²) in [4.78, 5) is 21.9. The monoisotopic (exact) mass is 474 g/mol. The minimum absolute atomic E-state index is 0.0392. The molecule has 0 spiro atoms. The van der Waals surface area contributed by atoms with E-state index in [4.69, 9.17) is 4.74 Å². The van der Waals surface area contributed by atoms with Crippen molar-refractivity contribution in [2.24, 2.45) is 11.8 Å². The summed E-state index contributed by atoms with van der Waals surface area (Å²) in [5.41, 5.74) is 3.56. The molecule has 1 aromatic carbocycles. The van der Waals surface area contributed by atoms with Gasteiger partial charge in [0.2, 0.25) is 5.95 Å². The van der Waals surface area contributed by atoms with Gasteiger partial charge in [-0.25, -0.2) is 4.98 Å². The van der Waals surface area contributed by atoms with Crippen LogP contribution in [0.5, 0.6) is 0 Å². The van der Waals surface area contributed by atoms with Crippen molar-refractivity contribution in [1.29, 1.82) is 0 Å². The Morgan fingerprint density at radius 1 is 1.11 bits per heavy atom. The van der Waals surface area contributed by atoms with Gasteiger partial charge < -0.3 is 15.4 Å². The van der Waals surface area contributed by atoms with Gasteiger partial charge in [-0.2, -0.15) is 10.1 Å². The van der Waals surface area contributed by atoms with Crippen LogP contribution >= 0.6 is 0 Å². The first kappa shape index (κ1) is 23.5. The normalized spacial score (nSPS) is 23.6. The third-order valence-electron chi connectivity index (χ3n) is 7.33. The average Bonchev–Trinajstić information content (AvgIpc) is 3.42. The lowest BCUT2D eigenvalue weighted by Crippen LogP contribution is -2.28. The smallest absolute Gasteiger partial charge is 0.224 e. The topological polar surface area (TPSA) is 105 Å². The van der Waals surface area contributed by atoms with E-state index in [0.29, 0.717) is 42.4 Å². The van der Waals surface area contributed by atoms with Gasteiger partial charge in [-0.1, -0.05) is 24.3 Å². The van der Waals surface area contributed by atoms with Gasteiger partial charge in [0.15, 0.2) is 5.82 Å². The second-order valence-corrected chi connectivity index (χ2v) is 9.95. The molecule has 5 rings (SSSR count). The molecule has 1 saturated carbocycles. The molecule has 2 heterocycles.